The lowest BCUT2D eigenvalue weighted by molar-refractivity contribution is 0.256. The second kappa shape index (κ2) is 10.4. The number of hydrogen-bond donors (Lipinski definition) is 2. The molecule has 0 bridgehead atoms. The van der Waals surface area contributed by atoms with E-state index >= 15 is 0 Å². The highest BCUT2D eigenvalue weighted by Gasteiger charge is 2.20. The van der Waals surface area contributed by atoms with Crippen molar-refractivity contribution in [2.45, 2.75) is 53.5 Å². The van der Waals surface area contributed by atoms with Crippen molar-refractivity contribution in [3.63, 3.8) is 0 Å². The molecule has 4 heteroatoms. The van der Waals surface area contributed by atoms with Gasteiger partial charge < -0.3 is 10.4 Å². The lowest BCUT2D eigenvalue weighted by atomic mass is 9.93. The van der Waals surface area contributed by atoms with Crippen LogP contribution in [0.5, 0.6) is 5.75 Å². The molecule has 0 spiro atoms. The molecule has 32 heavy (non-hydrogen) atoms. The van der Waals surface area contributed by atoms with Gasteiger partial charge in [0.15, 0.2) is 0 Å². The Hall–Kier alpha value is -3.27. The molecule has 0 saturated carbocycles. The van der Waals surface area contributed by atoms with Crippen molar-refractivity contribution in [3.05, 3.63) is 89.0 Å². The Morgan fingerprint density at radius 2 is 1.59 bits per heavy atom. The topological polar surface area (TPSA) is 52.6 Å². The number of phenolic OH excluding ortho intramolecular Hbond substituents is 1. The van der Waals surface area contributed by atoms with Gasteiger partial charge in [0.05, 0.1) is 6.54 Å². The molecule has 0 aliphatic rings. The number of hydrogen-bond acceptors (Lipinski definition) is 2. The summed E-state index contributed by atoms with van der Waals surface area (Å²) < 4.78 is 0. The molecule has 2 amide bonds. The average molecular weight is 431 g/mol. The van der Waals surface area contributed by atoms with Gasteiger partial charge in [-0.1, -0.05) is 75.7 Å². The van der Waals surface area contributed by atoms with E-state index in [1.807, 2.05) is 43.3 Å². The number of rotatable bonds is 7. The molecular formula is C28H34N2O2. The van der Waals surface area contributed by atoms with Crippen molar-refractivity contribution in [1.29, 1.82) is 0 Å². The first-order valence-electron chi connectivity index (χ1n) is 11.3. The number of urea groups is 1. The summed E-state index contributed by atoms with van der Waals surface area (Å²) in [5.74, 6) is 0.991. The molecule has 0 fully saturated rings. The van der Waals surface area contributed by atoms with Crippen molar-refractivity contribution >= 4 is 17.4 Å². The third kappa shape index (κ3) is 5.91. The molecule has 3 aromatic rings. The summed E-state index contributed by atoms with van der Waals surface area (Å²) in [5, 5.41) is 12.9. The van der Waals surface area contributed by atoms with E-state index in [1.54, 1.807) is 17.0 Å². The maximum Gasteiger partial charge on any atom is 0.326 e. The molecule has 168 valence electrons. The van der Waals surface area contributed by atoms with Gasteiger partial charge in [-0.05, 0) is 66.1 Å². The summed E-state index contributed by atoms with van der Waals surface area (Å²) in [6.07, 6.45) is 0.901. The Labute approximate surface area is 191 Å². The minimum Gasteiger partial charge on any atom is -0.508 e. The maximum absolute atomic E-state index is 13.6. The number of para-hydroxylation sites is 1. The zero-order chi connectivity index (χ0) is 23.3. The first kappa shape index (κ1) is 23.4. The van der Waals surface area contributed by atoms with Gasteiger partial charge in [-0.15, -0.1) is 0 Å². The van der Waals surface area contributed by atoms with E-state index in [0.717, 1.165) is 40.0 Å². The number of aromatic hydroxyl groups is 1. The SMILES string of the molecule is Cc1ccc(N(Cc2ccc(O)cc2)C(=O)Nc2c(CC(C)C)cccc2C(C)C)cc1. The number of aryl methyl sites for hydroxylation is 1. The third-order valence-electron chi connectivity index (χ3n) is 5.53. The van der Waals surface area contributed by atoms with Gasteiger partial charge in [0.2, 0.25) is 0 Å². The average Bonchev–Trinajstić information content (AvgIpc) is 2.74. The predicted molar refractivity (Wildman–Crippen MR) is 134 cm³/mol. The minimum absolute atomic E-state index is 0.167. The highest BCUT2D eigenvalue weighted by Crippen LogP contribution is 2.31. The highest BCUT2D eigenvalue weighted by atomic mass is 16.3. The molecule has 3 rings (SSSR count). The lowest BCUT2D eigenvalue weighted by Crippen LogP contribution is -2.35. The molecule has 3 aromatic carbocycles. The summed E-state index contributed by atoms with van der Waals surface area (Å²) in [5.41, 5.74) is 6.14. The molecule has 0 heterocycles. The summed E-state index contributed by atoms with van der Waals surface area (Å²) in [7, 11) is 0. The second-order valence-corrected chi connectivity index (χ2v) is 9.15. The molecule has 4 nitrogen and oxygen atoms in total. The monoisotopic (exact) mass is 430 g/mol. The zero-order valence-electron chi connectivity index (χ0n) is 19.7. The maximum atomic E-state index is 13.6. The molecule has 0 saturated heterocycles. The van der Waals surface area contributed by atoms with Gasteiger partial charge in [-0.25, -0.2) is 4.79 Å². The standard InChI is InChI=1S/C28H34N2O2/c1-19(2)17-23-7-6-8-26(20(3)4)27(23)29-28(32)30(24-13-9-21(5)10-14-24)18-22-11-15-25(31)16-12-22/h6-16,19-20,31H,17-18H2,1-5H3,(H,29,32). The van der Waals surface area contributed by atoms with Crippen molar-refractivity contribution < 1.29 is 9.90 Å². The second-order valence-electron chi connectivity index (χ2n) is 9.15. The van der Waals surface area contributed by atoms with Crippen LogP contribution in [0.15, 0.2) is 66.7 Å². The molecule has 0 aromatic heterocycles. The van der Waals surface area contributed by atoms with E-state index in [1.165, 1.54) is 0 Å². The molecule has 0 unspecified atom stereocenters. The minimum atomic E-state index is -0.167. The number of benzene rings is 3. The van der Waals surface area contributed by atoms with Crippen LogP contribution in [0.4, 0.5) is 16.2 Å². The third-order valence-corrected chi connectivity index (χ3v) is 5.53. The Balaban J connectivity index is 1.98. The molecule has 0 atom stereocenters. The van der Waals surface area contributed by atoms with Gasteiger partial charge in [0, 0.05) is 11.4 Å². The van der Waals surface area contributed by atoms with Crippen LogP contribution in [-0.4, -0.2) is 11.1 Å². The van der Waals surface area contributed by atoms with Crippen LogP contribution in [-0.2, 0) is 13.0 Å². The van der Waals surface area contributed by atoms with Crippen molar-refractivity contribution in [2.24, 2.45) is 5.92 Å². The van der Waals surface area contributed by atoms with Gasteiger partial charge in [0.1, 0.15) is 5.75 Å². The number of amides is 2. The lowest BCUT2D eigenvalue weighted by Gasteiger charge is -2.26. The summed E-state index contributed by atoms with van der Waals surface area (Å²) in [4.78, 5) is 15.4. The Morgan fingerprint density at radius 1 is 0.938 bits per heavy atom. The van der Waals surface area contributed by atoms with E-state index in [0.29, 0.717) is 18.4 Å². The number of phenols is 1. The van der Waals surface area contributed by atoms with Crippen molar-refractivity contribution in [3.8, 4) is 5.75 Å². The van der Waals surface area contributed by atoms with Gasteiger partial charge in [-0.3, -0.25) is 4.90 Å². The van der Waals surface area contributed by atoms with Crippen LogP contribution >= 0.6 is 0 Å². The van der Waals surface area contributed by atoms with E-state index < -0.39 is 0 Å². The number of nitrogens with zero attached hydrogens (tertiary/aromatic N) is 1. The molecular weight excluding hydrogens is 396 g/mol. The molecule has 0 radical (unpaired) electrons. The number of nitrogens with one attached hydrogen (secondary N) is 1. The number of carbonyl (C=O) groups excluding carboxylic acids is 1. The largest absolute Gasteiger partial charge is 0.508 e. The van der Waals surface area contributed by atoms with Crippen LogP contribution in [0.25, 0.3) is 0 Å². The number of anilines is 2. The molecule has 0 aliphatic heterocycles. The molecule has 2 N–H and O–H groups in total. The Bertz CT molecular complexity index is 1040. The number of carbonyl (C=O) groups is 1. The van der Waals surface area contributed by atoms with Crippen LogP contribution in [0.3, 0.4) is 0 Å². The summed E-state index contributed by atoms with van der Waals surface area (Å²) >= 11 is 0. The predicted octanol–water partition coefficient (Wildman–Crippen LogP) is 7.26. The van der Waals surface area contributed by atoms with Crippen LogP contribution in [0.2, 0.25) is 0 Å². The van der Waals surface area contributed by atoms with E-state index in [9.17, 15) is 9.90 Å². The zero-order valence-corrected chi connectivity index (χ0v) is 19.7. The Kier molecular flexibility index (Phi) is 7.57. The van der Waals surface area contributed by atoms with Crippen LogP contribution in [0, 0.1) is 12.8 Å². The van der Waals surface area contributed by atoms with Crippen LogP contribution in [0.1, 0.15) is 55.9 Å². The van der Waals surface area contributed by atoms with Gasteiger partial charge >= 0.3 is 6.03 Å². The smallest absolute Gasteiger partial charge is 0.326 e. The fourth-order valence-electron chi connectivity index (χ4n) is 3.83. The first-order chi connectivity index (χ1) is 15.2. The summed E-state index contributed by atoms with van der Waals surface area (Å²) in [6.45, 7) is 11.1. The fraction of sp³-hybridized carbons (Fsp3) is 0.321. The Morgan fingerprint density at radius 3 is 2.19 bits per heavy atom. The van der Waals surface area contributed by atoms with Gasteiger partial charge in [-0.2, -0.15) is 0 Å². The van der Waals surface area contributed by atoms with E-state index in [2.05, 4.69) is 51.2 Å². The van der Waals surface area contributed by atoms with Crippen LogP contribution < -0.4 is 10.2 Å². The van der Waals surface area contributed by atoms with Gasteiger partial charge in [0.25, 0.3) is 0 Å². The molecule has 0 aliphatic carbocycles. The van der Waals surface area contributed by atoms with Crippen molar-refractivity contribution in [2.75, 3.05) is 10.2 Å². The van der Waals surface area contributed by atoms with Crippen molar-refractivity contribution in [1.82, 2.24) is 0 Å². The summed E-state index contributed by atoms with van der Waals surface area (Å²) in [6, 6.07) is 21.1. The highest BCUT2D eigenvalue weighted by molar-refractivity contribution is 6.02. The van der Waals surface area contributed by atoms with E-state index in [-0.39, 0.29) is 11.8 Å². The van der Waals surface area contributed by atoms with E-state index in [4.69, 9.17) is 0 Å². The quantitative estimate of drug-likeness (QED) is 0.414. The normalized spacial score (nSPS) is 11.1. The fourth-order valence-corrected chi connectivity index (χ4v) is 3.83. The first-order valence-corrected chi connectivity index (χ1v) is 11.3.